The van der Waals surface area contributed by atoms with Crippen molar-refractivity contribution in [2.24, 2.45) is 11.8 Å². The molecular formula is C13H18O2. The number of allylic oxidation sites excluding steroid dienone is 2. The molecule has 2 unspecified atom stereocenters. The third-order valence-electron chi connectivity index (χ3n) is 3.93. The zero-order valence-electron chi connectivity index (χ0n) is 9.29. The molecule has 2 aliphatic carbocycles. The van der Waals surface area contributed by atoms with Gasteiger partial charge in [-0.05, 0) is 37.5 Å². The molecule has 0 amide bonds. The van der Waals surface area contributed by atoms with Crippen LogP contribution in [0.4, 0.5) is 0 Å². The van der Waals surface area contributed by atoms with Crippen LogP contribution in [0, 0.1) is 11.8 Å². The molecule has 0 aromatic rings. The van der Waals surface area contributed by atoms with E-state index in [1.54, 1.807) is 0 Å². The lowest BCUT2D eigenvalue weighted by Crippen LogP contribution is -2.31. The van der Waals surface area contributed by atoms with Crippen LogP contribution in [0.3, 0.4) is 0 Å². The van der Waals surface area contributed by atoms with Crippen molar-refractivity contribution >= 4 is 5.78 Å². The van der Waals surface area contributed by atoms with Gasteiger partial charge in [0.15, 0.2) is 5.78 Å². The van der Waals surface area contributed by atoms with E-state index in [0.29, 0.717) is 17.8 Å². The molecule has 3 rings (SSSR count). The number of hydrogen-bond donors (Lipinski definition) is 0. The average Bonchev–Trinajstić information content (AvgIpc) is 3.00. The molecule has 0 N–H and O–H groups in total. The van der Waals surface area contributed by atoms with E-state index in [1.807, 2.05) is 0 Å². The molecule has 0 radical (unpaired) electrons. The summed E-state index contributed by atoms with van der Waals surface area (Å²) in [5.41, 5.74) is 1.03. The highest BCUT2D eigenvalue weighted by molar-refractivity contribution is 5.97. The maximum Gasteiger partial charge on any atom is 0.162 e. The molecule has 1 heterocycles. The molecule has 1 saturated carbocycles. The fourth-order valence-corrected chi connectivity index (χ4v) is 2.96. The van der Waals surface area contributed by atoms with E-state index in [-0.39, 0.29) is 0 Å². The van der Waals surface area contributed by atoms with Crippen LogP contribution in [0.2, 0.25) is 0 Å². The van der Waals surface area contributed by atoms with E-state index in [4.69, 9.17) is 4.74 Å². The van der Waals surface area contributed by atoms with Gasteiger partial charge in [-0.15, -0.1) is 0 Å². The Bertz CT molecular complexity index is 325. The second-order valence-electron chi connectivity index (χ2n) is 5.24. The molecule has 1 fully saturated rings. The highest BCUT2D eigenvalue weighted by Crippen LogP contribution is 2.44. The molecule has 2 heteroatoms. The van der Waals surface area contributed by atoms with Crippen LogP contribution in [0.25, 0.3) is 0 Å². The smallest absolute Gasteiger partial charge is 0.162 e. The van der Waals surface area contributed by atoms with Crippen molar-refractivity contribution in [1.82, 2.24) is 0 Å². The molecule has 0 bridgehead atoms. The standard InChI is InChI=1S/C13H18O2/c1-8-7-12(9-5-6-9)15-11-4-2-3-10(14)13(8)11/h8-9,12H,2-7H2,1H3. The lowest BCUT2D eigenvalue weighted by molar-refractivity contribution is -0.118. The maximum absolute atomic E-state index is 11.8. The van der Waals surface area contributed by atoms with E-state index >= 15 is 0 Å². The maximum atomic E-state index is 11.8. The van der Waals surface area contributed by atoms with E-state index in [1.165, 1.54) is 12.8 Å². The van der Waals surface area contributed by atoms with Gasteiger partial charge in [0.1, 0.15) is 11.9 Å². The zero-order valence-corrected chi connectivity index (χ0v) is 9.29. The fraction of sp³-hybridized carbons (Fsp3) is 0.769. The number of rotatable bonds is 1. The second kappa shape index (κ2) is 3.36. The van der Waals surface area contributed by atoms with Gasteiger partial charge in [-0.25, -0.2) is 0 Å². The van der Waals surface area contributed by atoms with Gasteiger partial charge in [-0.1, -0.05) is 6.92 Å². The average molecular weight is 206 g/mol. The van der Waals surface area contributed by atoms with Crippen molar-refractivity contribution in [3.05, 3.63) is 11.3 Å². The van der Waals surface area contributed by atoms with E-state index in [0.717, 1.165) is 42.9 Å². The molecule has 1 aliphatic heterocycles. The molecule has 2 atom stereocenters. The number of carbonyl (C=O) groups is 1. The first kappa shape index (κ1) is 9.44. The number of hydrogen-bond acceptors (Lipinski definition) is 2. The zero-order chi connectivity index (χ0) is 10.4. The van der Waals surface area contributed by atoms with Crippen LogP contribution in [0.15, 0.2) is 11.3 Å². The molecule has 2 nitrogen and oxygen atoms in total. The van der Waals surface area contributed by atoms with Crippen molar-refractivity contribution in [2.75, 3.05) is 0 Å². The highest BCUT2D eigenvalue weighted by atomic mass is 16.5. The monoisotopic (exact) mass is 206 g/mol. The van der Waals surface area contributed by atoms with E-state index in [9.17, 15) is 4.79 Å². The molecule has 0 spiro atoms. The minimum Gasteiger partial charge on any atom is -0.494 e. The van der Waals surface area contributed by atoms with Crippen LogP contribution in [-0.4, -0.2) is 11.9 Å². The quantitative estimate of drug-likeness (QED) is 0.659. The summed E-state index contributed by atoms with van der Waals surface area (Å²) in [4.78, 5) is 11.8. The Morgan fingerprint density at radius 1 is 1.27 bits per heavy atom. The van der Waals surface area contributed by atoms with Gasteiger partial charge in [0.2, 0.25) is 0 Å². The number of ether oxygens (including phenoxy) is 1. The predicted octanol–water partition coefficient (Wildman–Crippen LogP) is 2.83. The molecule has 0 aromatic heterocycles. The molecule has 3 aliphatic rings. The number of Topliss-reactive ketones (excluding diaryl/α,β-unsaturated/α-hetero) is 1. The minimum absolute atomic E-state index is 0.345. The first-order valence-corrected chi connectivity index (χ1v) is 6.18. The highest BCUT2D eigenvalue weighted by Gasteiger charge is 2.40. The summed E-state index contributed by atoms with van der Waals surface area (Å²) in [5, 5.41) is 0. The first-order chi connectivity index (χ1) is 7.25. The Kier molecular flexibility index (Phi) is 2.11. The largest absolute Gasteiger partial charge is 0.494 e. The lowest BCUT2D eigenvalue weighted by Gasteiger charge is -2.34. The summed E-state index contributed by atoms with van der Waals surface area (Å²) in [6, 6.07) is 0. The van der Waals surface area contributed by atoms with Gasteiger partial charge in [0.25, 0.3) is 0 Å². The normalized spacial score (nSPS) is 36.2. The van der Waals surface area contributed by atoms with Gasteiger partial charge in [0, 0.05) is 18.4 Å². The summed E-state index contributed by atoms with van der Waals surface area (Å²) >= 11 is 0. The summed E-state index contributed by atoms with van der Waals surface area (Å²) < 4.78 is 6.01. The summed E-state index contributed by atoms with van der Waals surface area (Å²) in [6.45, 7) is 2.19. The number of ketones is 1. The van der Waals surface area contributed by atoms with Gasteiger partial charge >= 0.3 is 0 Å². The minimum atomic E-state index is 0.345. The third-order valence-corrected chi connectivity index (χ3v) is 3.93. The van der Waals surface area contributed by atoms with Crippen LogP contribution >= 0.6 is 0 Å². The Morgan fingerprint density at radius 2 is 2.07 bits per heavy atom. The summed E-state index contributed by atoms with van der Waals surface area (Å²) in [5.74, 6) is 2.62. The van der Waals surface area contributed by atoms with Crippen molar-refractivity contribution < 1.29 is 9.53 Å². The Labute approximate surface area is 90.7 Å². The summed E-state index contributed by atoms with van der Waals surface area (Å²) in [7, 11) is 0. The Morgan fingerprint density at radius 3 is 2.80 bits per heavy atom. The molecule has 15 heavy (non-hydrogen) atoms. The molecular weight excluding hydrogens is 188 g/mol. The van der Waals surface area contributed by atoms with Gasteiger partial charge in [0.05, 0.1) is 0 Å². The van der Waals surface area contributed by atoms with Crippen molar-refractivity contribution in [1.29, 1.82) is 0 Å². The van der Waals surface area contributed by atoms with Gasteiger partial charge in [-0.3, -0.25) is 4.79 Å². The van der Waals surface area contributed by atoms with Crippen LogP contribution < -0.4 is 0 Å². The summed E-state index contributed by atoms with van der Waals surface area (Å²) in [6.07, 6.45) is 6.86. The van der Waals surface area contributed by atoms with Crippen molar-refractivity contribution in [3.63, 3.8) is 0 Å². The Hall–Kier alpha value is -0.790. The second-order valence-corrected chi connectivity index (χ2v) is 5.24. The van der Waals surface area contributed by atoms with Crippen molar-refractivity contribution in [3.8, 4) is 0 Å². The number of carbonyl (C=O) groups excluding carboxylic acids is 1. The Balaban J connectivity index is 1.87. The SMILES string of the molecule is CC1CC(C2CC2)OC2=C1C(=O)CCC2. The molecule has 0 saturated heterocycles. The third kappa shape index (κ3) is 1.60. The van der Waals surface area contributed by atoms with Gasteiger partial charge < -0.3 is 4.74 Å². The van der Waals surface area contributed by atoms with E-state index < -0.39 is 0 Å². The van der Waals surface area contributed by atoms with Crippen LogP contribution in [0.5, 0.6) is 0 Å². The molecule has 0 aromatic carbocycles. The van der Waals surface area contributed by atoms with Crippen LogP contribution in [-0.2, 0) is 9.53 Å². The predicted molar refractivity (Wildman–Crippen MR) is 57.3 cm³/mol. The van der Waals surface area contributed by atoms with Crippen LogP contribution in [0.1, 0.15) is 45.4 Å². The first-order valence-electron chi connectivity index (χ1n) is 6.18. The lowest BCUT2D eigenvalue weighted by atomic mass is 9.82. The van der Waals surface area contributed by atoms with Gasteiger partial charge in [-0.2, -0.15) is 0 Å². The van der Waals surface area contributed by atoms with E-state index in [2.05, 4.69) is 6.92 Å². The molecule has 82 valence electrons. The fourth-order valence-electron chi connectivity index (χ4n) is 2.96. The topological polar surface area (TPSA) is 26.3 Å². The van der Waals surface area contributed by atoms with Crippen molar-refractivity contribution in [2.45, 2.75) is 51.6 Å².